The fourth-order valence-electron chi connectivity index (χ4n) is 1.54. The minimum absolute atomic E-state index is 0.916. The van der Waals surface area contributed by atoms with E-state index in [1.165, 1.54) is 37.0 Å². The molecule has 0 fully saturated rings. The summed E-state index contributed by atoms with van der Waals surface area (Å²) in [4.78, 5) is 4.24. The highest BCUT2D eigenvalue weighted by Crippen LogP contribution is 2.26. The van der Waals surface area contributed by atoms with Crippen LogP contribution in [-0.2, 0) is 0 Å². The van der Waals surface area contributed by atoms with Crippen molar-refractivity contribution in [2.75, 3.05) is 6.54 Å². The molecule has 2 aliphatic rings. The summed E-state index contributed by atoms with van der Waals surface area (Å²) >= 11 is 0. The standard InChI is InChI=1S/C8H11N2/c1-2-4-8-7(3-1)5-9-6-10-8/h6H,1-5H2. The fourth-order valence-corrected chi connectivity index (χ4v) is 1.54. The van der Waals surface area contributed by atoms with E-state index in [1.54, 1.807) is 6.34 Å². The van der Waals surface area contributed by atoms with Gasteiger partial charge < -0.3 is 0 Å². The maximum Gasteiger partial charge on any atom is 0.110 e. The lowest BCUT2D eigenvalue weighted by Crippen LogP contribution is -2.15. The van der Waals surface area contributed by atoms with Gasteiger partial charge in [-0.1, -0.05) is 0 Å². The Morgan fingerprint density at radius 2 is 2.10 bits per heavy atom. The monoisotopic (exact) mass is 135 g/mol. The van der Waals surface area contributed by atoms with Crippen LogP contribution in [0.25, 0.3) is 0 Å². The van der Waals surface area contributed by atoms with Gasteiger partial charge in [0.05, 0.1) is 6.54 Å². The minimum Gasteiger partial charge on any atom is -0.269 e. The second-order valence-corrected chi connectivity index (χ2v) is 2.84. The molecule has 0 saturated carbocycles. The Kier molecular flexibility index (Phi) is 1.46. The van der Waals surface area contributed by atoms with Crippen LogP contribution in [0.15, 0.2) is 16.3 Å². The molecular formula is C8H11N2. The van der Waals surface area contributed by atoms with Gasteiger partial charge in [0.2, 0.25) is 0 Å². The molecule has 0 aromatic rings. The van der Waals surface area contributed by atoms with Crippen LogP contribution in [0.2, 0.25) is 0 Å². The first kappa shape index (κ1) is 5.96. The number of allylic oxidation sites excluding steroid dienone is 1. The summed E-state index contributed by atoms with van der Waals surface area (Å²) in [5.41, 5.74) is 2.80. The summed E-state index contributed by atoms with van der Waals surface area (Å²) in [6.45, 7) is 0.916. The van der Waals surface area contributed by atoms with Crippen molar-refractivity contribution in [1.29, 1.82) is 0 Å². The lowest BCUT2D eigenvalue weighted by Gasteiger charge is -2.18. The maximum atomic E-state index is 4.24. The van der Waals surface area contributed by atoms with Gasteiger partial charge in [0.1, 0.15) is 6.34 Å². The molecule has 53 valence electrons. The van der Waals surface area contributed by atoms with Crippen molar-refractivity contribution in [2.24, 2.45) is 4.99 Å². The second-order valence-electron chi connectivity index (χ2n) is 2.84. The first-order valence-corrected chi connectivity index (χ1v) is 3.87. The maximum absolute atomic E-state index is 4.24. The van der Waals surface area contributed by atoms with E-state index in [0.717, 1.165) is 6.54 Å². The molecule has 2 heteroatoms. The van der Waals surface area contributed by atoms with Crippen LogP contribution in [0.4, 0.5) is 0 Å². The van der Waals surface area contributed by atoms with Gasteiger partial charge in [-0.25, -0.2) is 4.99 Å². The molecule has 0 N–H and O–H groups in total. The summed E-state index contributed by atoms with van der Waals surface area (Å²) in [6.07, 6.45) is 6.77. The molecule has 0 amide bonds. The summed E-state index contributed by atoms with van der Waals surface area (Å²) in [7, 11) is 0. The van der Waals surface area contributed by atoms with Gasteiger partial charge in [-0.05, 0) is 31.3 Å². The van der Waals surface area contributed by atoms with Crippen LogP contribution < -0.4 is 5.32 Å². The molecule has 0 saturated heterocycles. The largest absolute Gasteiger partial charge is 0.269 e. The molecule has 1 aliphatic heterocycles. The molecule has 2 nitrogen and oxygen atoms in total. The smallest absolute Gasteiger partial charge is 0.110 e. The Morgan fingerprint density at radius 3 is 3.00 bits per heavy atom. The highest BCUT2D eigenvalue weighted by molar-refractivity contribution is 5.59. The van der Waals surface area contributed by atoms with Crippen LogP contribution in [0, 0.1) is 0 Å². The van der Waals surface area contributed by atoms with Crippen molar-refractivity contribution in [1.82, 2.24) is 5.32 Å². The average molecular weight is 135 g/mol. The van der Waals surface area contributed by atoms with Gasteiger partial charge >= 0.3 is 0 Å². The Morgan fingerprint density at radius 1 is 1.20 bits per heavy atom. The Labute approximate surface area is 61.0 Å². The predicted molar refractivity (Wildman–Crippen MR) is 41.0 cm³/mol. The van der Waals surface area contributed by atoms with Gasteiger partial charge in [-0.3, -0.25) is 5.32 Å². The van der Waals surface area contributed by atoms with Crippen molar-refractivity contribution in [3.63, 3.8) is 0 Å². The quantitative estimate of drug-likeness (QED) is 0.481. The average Bonchev–Trinajstić information content (AvgIpc) is 2.05. The summed E-state index contributed by atoms with van der Waals surface area (Å²) in [5.74, 6) is 0. The fraction of sp³-hybridized carbons (Fsp3) is 0.625. The Bertz CT molecular complexity index is 191. The van der Waals surface area contributed by atoms with E-state index in [-0.39, 0.29) is 0 Å². The lowest BCUT2D eigenvalue weighted by atomic mass is 9.96. The first-order chi connectivity index (χ1) is 4.97. The summed E-state index contributed by atoms with van der Waals surface area (Å²) < 4.78 is 0. The number of nitrogens with zero attached hydrogens (tertiary/aromatic N) is 2. The molecule has 2 rings (SSSR count). The number of hydrogen-bond donors (Lipinski definition) is 0. The molecule has 0 aromatic carbocycles. The van der Waals surface area contributed by atoms with Crippen LogP contribution in [0.5, 0.6) is 0 Å². The third kappa shape index (κ3) is 0.939. The topological polar surface area (TPSA) is 26.5 Å². The third-order valence-electron chi connectivity index (χ3n) is 2.13. The summed E-state index contributed by atoms with van der Waals surface area (Å²) in [6, 6.07) is 0. The van der Waals surface area contributed by atoms with Gasteiger partial charge in [-0.15, -0.1) is 0 Å². The van der Waals surface area contributed by atoms with Crippen molar-refractivity contribution >= 4 is 6.34 Å². The molecule has 0 aromatic heterocycles. The highest BCUT2D eigenvalue weighted by atomic mass is 15.0. The Balaban J connectivity index is 2.23. The molecule has 0 unspecified atom stereocenters. The number of rotatable bonds is 0. The van der Waals surface area contributed by atoms with Gasteiger partial charge in [-0.2, -0.15) is 0 Å². The molecule has 1 heterocycles. The third-order valence-corrected chi connectivity index (χ3v) is 2.13. The SMILES string of the molecule is C1=NC2=C(CCCC2)C[N]1. The normalized spacial score (nSPS) is 24.0. The lowest BCUT2D eigenvalue weighted by molar-refractivity contribution is 0.641. The molecule has 10 heavy (non-hydrogen) atoms. The predicted octanol–water partition coefficient (Wildman–Crippen LogP) is 1.46. The van der Waals surface area contributed by atoms with E-state index in [9.17, 15) is 0 Å². The van der Waals surface area contributed by atoms with E-state index < -0.39 is 0 Å². The zero-order valence-corrected chi connectivity index (χ0v) is 6.01. The zero-order valence-electron chi connectivity index (χ0n) is 6.01. The van der Waals surface area contributed by atoms with Crippen LogP contribution >= 0.6 is 0 Å². The molecule has 0 atom stereocenters. The van der Waals surface area contributed by atoms with Gasteiger partial charge in [0, 0.05) is 5.70 Å². The van der Waals surface area contributed by atoms with E-state index in [1.807, 2.05) is 0 Å². The van der Waals surface area contributed by atoms with Crippen LogP contribution in [0.1, 0.15) is 25.7 Å². The van der Waals surface area contributed by atoms with E-state index in [4.69, 9.17) is 0 Å². The van der Waals surface area contributed by atoms with E-state index >= 15 is 0 Å². The molecule has 1 aliphatic carbocycles. The van der Waals surface area contributed by atoms with E-state index in [2.05, 4.69) is 10.3 Å². The van der Waals surface area contributed by atoms with Crippen LogP contribution in [0.3, 0.4) is 0 Å². The highest BCUT2D eigenvalue weighted by Gasteiger charge is 2.13. The number of aliphatic imine (C=N–C) groups is 1. The molecule has 0 bridgehead atoms. The first-order valence-electron chi connectivity index (χ1n) is 3.87. The second kappa shape index (κ2) is 2.45. The van der Waals surface area contributed by atoms with Crippen molar-refractivity contribution in [3.05, 3.63) is 11.3 Å². The molecule has 0 spiro atoms. The molecular weight excluding hydrogens is 124 g/mol. The van der Waals surface area contributed by atoms with Crippen molar-refractivity contribution in [2.45, 2.75) is 25.7 Å². The Hall–Kier alpha value is -0.790. The van der Waals surface area contributed by atoms with Crippen molar-refractivity contribution < 1.29 is 0 Å². The zero-order chi connectivity index (χ0) is 6.81. The molecule has 1 radical (unpaired) electrons. The van der Waals surface area contributed by atoms with Gasteiger partial charge in [0.25, 0.3) is 0 Å². The minimum atomic E-state index is 0.916. The van der Waals surface area contributed by atoms with Crippen molar-refractivity contribution in [3.8, 4) is 0 Å². The van der Waals surface area contributed by atoms with E-state index in [0.29, 0.717) is 0 Å². The number of hydrogen-bond acceptors (Lipinski definition) is 1. The van der Waals surface area contributed by atoms with Crippen LogP contribution in [-0.4, -0.2) is 12.9 Å². The summed E-state index contributed by atoms with van der Waals surface area (Å²) in [5, 5.41) is 4.11. The van der Waals surface area contributed by atoms with Gasteiger partial charge in [0.15, 0.2) is 0 Å².